The van der Waals surface area contributed by atoms with Crippen LogP contribution in [0.1, 0.15) is 19.4 Å². The fourth-order valence-electron chi connectivity index (χ4n) is 2.15. The molecule has 0 aliphatic carbocycles. The van der Waals surface area contributed by atoms with Crippen molar-refractivity contribution in [2.45, 2.75) is 32.4 Å². The van der Waals surface area contributed by atoms with Crippen molar-refractivity contribution in [2.24, 2.45) is 0 Å². The Bertz CT molecular complexity index is 392. The molecule has 1 atom stereocenters. The van der Waals surface area contributed by atoms with Crippen molar-refractivity contribution in [1.29, 1.82) is 0 Å². The highest BCUT2D eigenvalue weighted by Crippen LogP contribution is 2.11. The SMILES string of the molecule is CC(C)N1CCOC(C(=O)Cc2cccnc2)C1. The van der Waals surface area contributed by atoms with Gasteiger partial charge in [-0.3, -0.25) is 14.7 Å². The number of aromatic nitrogens is 1. The van der Waals surface area contributed by atoms with E-state index in [0.29, 0.717) is 25.6 Å². The summed E-state index contributed by atoms with van der Waals surface area (Å²) >= 11 is 0. The fourth-order valence-corrected chi connectivity index (χ4v) is 2.15. The molecule has 1 aliphatic rings. The largest absolute Gasteiger partial charge is 0.368 e. The molecule has 2 heterocycles. The van der Waals surface area contributed by atoms with Gasteiger partial charge in [-0.25, -0.2) is 0 Å². The topological polar surface area (TPSA) is 42.4 Å². The third-order valence-electron chi connectivity index (χ3n) is 3.29. The van der Waals surface area contributed by atoms with Crippen LogP contribution in [-0.4, -0.2) is 47.5 Å². The van der Waals surface area contributed by atoms with Crippen LogP contribution in [0.4, 0.5) is 0 Å². The van der Waals surface area contributed by atoms with Gasteiger partial charge in [0.1, 0.15) is 6.10 Å². The van der Waals surface area contributed by atoms with Gasteiger partial charge in [-0.2, -0.15) is 0 Å². The van der Waals surface area contributed by atoms with Crippen LogP contribution in [0.2, 0.25) is 0 Å². The highest BCUT2D eigenvalue weighted by molar-refractivity contribution is 5.85. The van der Waals surface area contributed by atoms with Crippen LogP contribution in [0.5, 0.6) is 0 Å². The van der Waals surface area contributed by atoms with Crippen LogP contribution in [0.3, 0.4) is 0 Å². The summed E-state index contributed by atoms with van der Waals surface area (Å²) in [5.74, 6) is 0.147. The van der Waals surface area contributed by atoms with E-state index in [4.69, 9.17) is 4.74 Å². The molecule has 2 rings (SSSR count). The van der Waals surface area contributed by atoms with E-state index in [-0.39, 0.29) is 11.9 Å². The minimum absolute atomic E-state index is 0.147. The van der Waals surface area contributed by atoms with Crippen LogP contribution < -0.4 is 0 Å². The van der Waals surface area contributed by atoms with Crippen molar-refractivity contribution in [3.05, 3.63) is 30.1 Å². The lowest BCUT2D eigenvalue weighted by Gasteiger charge is -2.34. The molecule has 0 saturated carbocycles. The Morgan fingerprint density at radius 1 is 1.61 bits per heavy atom. The third-order valence-corrected chi connectivity index (χ3v) is 3.29. The maximum Gasteiger partial charge on any atom is 0.167 e. The molecule has 1 fully saturated rings. The zero-order chi connectivity index (χ0) is 13.0. The van der Waals surface area contributed by atoms with E-state index in [1.165, 1.54) is 0 Å². The second kappa shape index (κ2) is 6.07. The molecule has 1 aromatic rings. The van der Waals surface area contributed by atoms with Gasteiger partial charge in [-0.05, 0) is 25.5 Å². The number of hydrogen-bond acceptors (Lipinski definition) is 4. The number of carbonyl (C=O) groups excluding carboxylic acids is 1. The number of rotatable bonds is 4. The second-order valence-electron chi connectivity index (χ2n) is 4.95. The van der Waals surface area contributed by atoms with Gasteiger partial charge in [0.15, 0.2) is 5.78 Å². The van der Waals surface area contributed by atoms with Gasteiger partial charge in [0.2, 0.25) is 0 Å². The molecule has 98 valence electrons. The maximum atomic E-state index is 12.2. The first-order valence-corrected chi connectivity index (χ1v) is 6.44. The molecule has 18 heavy (non-hydrogen) atoms. The lowest BCUT2D eigenvalue weighted by molar-refractivity contribution is -0.136. The highest BCUT2D eigenvalue weighted by atomic mass is 16.5. The van der Waals surface area contributed by atoms with Gasteiger partial charge < -0.3 is 4.74 Å². The monoisotopic (exact) mass is 248 g/mol. The van der Waals surface area contributed by atoms with E-state index >= 15 is 0 Å². The molecule has 1 aromatic heterocycles. The summed E-state index contributed by atoms with van der Waals surface area (Å²) in [6.07, 6.45) is 3.57. The summed E-state index contributed by atoms with van der Waals surface area (Å²) in [7, 11) is 0. The molecule has 0 bridgehead atoms. The number of hydrogen-bond donors (Lipinski definition) is 0. The first-order valence-electron chi connectivity index (χ1n) is 6.44. The number of morpholine rings is 1. The second-order valence-corrected chi connectivity index (χ2v) is 4.95. The van der Waals surface area contributed by atoms with E-state index in [0.717, 1.165) is 12.1 Å². The maximum absolute atomic E-state index is 12.2. The number of nitrogens with zero attached hydrogens (tertiary/aromatic N) is 2. The molecule has 0 amide bonds. The molecule has 1 aliphatic heterocycles. The zero-order valence-corrected chi connectivity index (χ0v) is 11.0. The van der Waals surface area contributed by atoms with Gasteiger partial charge in [0.25, 0.3) is 0 Å². The summed E-state index contributed by atoms with van der Waals surface area (Å²) in [4.78, 5) is 18.5. The molecule has 0 N–H and O–H groups in total. The summed E-state index contributed by atoms with van der Waals surface area (Å²) in [6, 6.07) is 4.24. The number of Topliss-reactive ketones (excluding diaryl/α,β-unsaturated/α-hetero) is 1. The lowest BCUT2D eigenvalue weighted by atomic mass is 10.1. The van der Waals surface area contributed by atoms with Crippen molar-refractivity contribution in [3.63, 3.8) is 0 Å². The Morgan fingerprint density at radius 3 is 3.11 bits per heavy atom. The summed E-state index contributed by atoms with van der Waals surface area (Å²) in [5, 5.41) is 0. The standard InChI is InChI=1S/C14H20N2O2/c1-11(2)16-6-7-18-14(10-16)13(17)8-12-4-3-5-15-9-12/h3-5,9,11,14H,6-8,10H2,1-2H3. The Kier molecular flexibility index (Phi) is 4.44. The minimum Gasteiger partial charge on any atom is -0.368 e. The molecule has 4 nitrogen and oxygen atoms in total. The predicted molar refractivity (Wildman–Crippen MR) is 69.4 cm³/mol. The van der Waals surface area contributed by atoms with Crippen LogP contribution in [0.15, 0.2) is 24.5 Å². The Hall–Kier alpha value is -1.26. The number of carbonyl (C=O) groups is 1. The van der Waals surface area contributed by atoms with Crippen molar-refractivity contribution in [1.82, 2.24) is 9.88 Å². The normalized spacial score (nSPS) is 21.2. The Balaban J connectivity index is 1.93. The average Bonchev–Trinajstić information content (AvgIpc) is 2.40. The van der Waals surface area contributed by atoms with Crippen LogP contribution in [-0.2, 0) is 16.0 Å². The molecule has 1 unspecified atom stereocenters. The molecule has 0 aromatic carbocycles. The third kappa shape index (κ3) is 3.37. The average molecular weight is 248 g/mol. The van der Waals surface area contributed by atoms with Gasteiger partial charge >= 0.3 is 0 Å². The quantitative estimate of drug-likeness (QED) is 0.805. The molecular formula is C14H20N2O2. The molecule has 1 saturated heterocycles. The molecule has 4 heteroatoms. The van der Waals surface area contributed by atoms with Crippen LogP contribution in [0, 0.1) is 0 Å². The molecule has 0 spiro atoms. The Labute approximate surface area is 108 Å². The van der Waals surface area contributed by atoms with E-state index in [2.05, 4.69) is 23.7 Å². The lowest BCUT2D eigenvalue weighted by Crippen LogP contribution is -2.49. The zero-order valence-electron chi connectivity index (χ0n) is 11.0. The van der Waals surface area contributed by atoms with Crippen LogP contribution >= 0.6 is 0 Å². The van der Waals surface area contributed by atoms with Crippen molar-refractivity contribution >= 4 is 5.78 Å². The van der Waals surface area contributed by atoms with Gasteiger partial charge in [-0.15, -0.1) is 0 Å². The summed E-state index contributed by atoms with van der Waals surface area (Å²) in [6.45, 7) is 6.55. The van der Waals surface area contributed by atoms with Crippen molar-refractivity contribution < 1.29 is 9.53 Å². The highest BCUT2D eigenvalue weighted by Gasteiger charge is 2.27. The molecule has 0 radical (unpaired) electrons. The van der Waals surface area contributed by atoms with Crippen molar-refractivity contribution in [2.75, 3.05) is 19.7 Å². The number of ether oxygens (including phenoxy) is 1. The van der Waals surface area contributed by atoms with Gasteiger partial charge in [0.05, 0.1) is 6.61 Å². The smallest absolute Gasteiger partial charge is 0.167 e. The van der Waals surface area contributed by atoms with Gasteiger partial charge in [0, 0.05) is 37.9 Å². The summed E-state index contributed by atoms with van der Waals surface area (Å²) < 4.78 is 5.58. The number of ketones is 1. The summed E-state index contributed by atoms with van der Waals surface area (Å²) in [5.41, 5.74) is 0.952. The first-order chi connectivity index (χ1) is 8.66. The van der Waals surface area contributed by atoms with E-state index in [1.807, 2.05) is 12.1 Å². The predicted octanol–water partition coefficient (Wildman–Crippen LogP) is 1.30. The minimum atomic E-state index is -0.290. The van der Waals surface area contributed by atoms with Crippen LogP contribution in [0.25, 0.3) is 0 Å². The fraction of sp³-hybridized carbons (Fsp3) is 0.571. The first kappa shape index (κ1) is 13.2. The Morgan fingerprint density at radius 2 is 2.44 bits per heavy atom. The molecular weight excluding hydrogens is 228 g/mol. The van der Waals surface area contributed by atoms with Crippen molar-refractivity contribution in [3.8, 4) is 0 Å². The number of pyridine rings is 1. The van der Waals surface area contributed by atoms with Gasteiger partial charge in [-0.1, -0.05) is 6.07 Å². The van der Waals surface area contributed by atoms with E-state index in [9.17, 15) is 4.79 Å². The van der Waals surface area contributed by atoms with E-state index in [1.54, 1.807) is 12.4 Å². The van der Waals surface area contributed by atoms with E-state index < -0.39 is 0 Å².